The van der Waals surface area contributed by atoms with Crippen molar-refractivity contribution in [3.8, 4) is 0 Å². The second-order valence-corrected chi connectivity index (χ2v) is 6.52. The van der Waals surface area contributed by atoms with Gasteiger partial charge in [0.1, 0.15) is 5.60 Å². The first-order chi connectivity index (χ1) is 10.3. The van der Waals surface area contributed by atoms with Gasteiger partial charge in [-0.1, -0.05) is 52.0 Å². The molecule has 1 unspecified atom stereocenters. The number of carboxylic acid groups (broad SMARTS) is 1. The molecule has 0 fully saturated rings. The molecule has 0 aliphatic carbocycles. The standard InChI is InChI=1S/C18H32O4/c1-5-7-8-9-10-11-12-15(17(20)21)13-14-18(3,4)22-16(19)6-2/h6,15H,2,5,7-14H2,1,3-4H3,(H,20,21). The van der Waals surface area contributed by atoms with E-state index in [2.05, 4.69) is 13.5 Å². The van der Waals surface area contributed by atoms with E-state index in [0.717, 1.165) is 18.9 Å². The lowest BCUT2D eigenvalue weighted by atomic mass is 9.91. The van der Waals surface area contributed by atoms with Crippen molar-refractivity contribution >= 4 is 11.9 Å². The second-order valence-electron chi connectivity index (χ2n) is 6.52. The molecule has 0 saturated heterocycles. The van der Waals surface area contributed by atoms with Crippen LogP contribution in [0.15, 0.2) is 12.7 Å². The number of carbonyl (C=O) groups excluding carboxylic acids is 1. The van der Waals surface area contributed by atoms with E-state index in [9.17, 15) is 14.7 Å². The molecule has 0 aromatic rings. The Morgan fingerprint density at radius 3 is 2.27 bits per heavy atom. The van der Waals surface area contributed by atoms with Gasteiger partial charge in [-0.3, -0.25) is 4.79 Å². The van der Waals surface area contributed by atoms with Crippen LogP contribution in [-0.4, -0.2) is 22.6 Å². The quantitative estimate of drug-likeness (QED) is 0.303. The lowest BCUT2D eigenvalue weighted by Gasteiger charge is -2.26. The molecule has 128 valence electrons. The zero-order valence-corrected chi connectivity index (χ0v) is 14.4. The predicted octanol–water partition coefficient (Wildman–Crippen LogP) is 4.73. The van der Waals surface area contributed by atoms with Crippen LogP contribution in [0.1, 0.15) is 78.6 Å². The van der Waals surface area contributed by atoms with Crippen molar-refractivity contribution in [1.82, 2.24) is 0 Å². The zero-order valence-electron chi connectivity index (χ0n) is 14.4. The van der Waals surface area contributed by atoms with Crippen LogP contribution in [0, 0.1) is 5.92 Å². The van der Waals surface area contributed by atoms with Crippen LogP contribution in [-0.2, 0) is 14.3 Å². The molecule has 0 aliphatic rings. The molecule has 0 amide bonds. The first kappa shape index (κ1) is 20.7. The van der Waals surface area contributed by atoms with Gasteiger partial charge in [0.05, 0.1) is 5.92 Å². The first-order valence-electron chi connectivity index (χ1n) is 8.40. The average molecular weight is 312 g/mol. The summed E-state index contributed by atoms with van der Waals surface area (Å²) in [7, 11) is 0. The van der Waals surface area contributed by atoms with Gasteiger partial charge in [0.25, 0.3) is 0 Å². The third-order valence-electron chi connectivity index (χ3n) is 3.89. The van der Waals surface area contributed by atoms with E-state index >= 15 is 0 Å². The molecule has 0 radical (unpaired) electrons. The number of hydrogen-bond acceptors (Lipinski definition) is 3. The summed E-state index contributed by atoms with van der Waals surface area (Å²) in [4.78, 5) is 22.6. The molecule has 0 rings (SSSR count). The summed E-state index contributed by atoms with van der Waals surface area (Å²) in [6.07, 6.45) is 9.84. The SMILES string of the molecule is C=CC(=O)OC(C)(C)CCC(CCCCCCCC)C(=O)O. The molecule has 22 heavy (non-hydrogen) atoms. The number of hydrogen-bond donors (Lipinski definition) is 1. The number of carboxylic acids is 1. The number of esters is 1. The lowest BCUT2D eigenvalue weighted by Crippen LogP contribution is -2.29. The van der Waals surface area contributed by atoms with Gasteiger partial charge < -0.3 is 9.84 Å². The van der Waals surface area contributed by atoms with Crippen molar-refractivity contribution in [2.45, 2.75) is 84.2 Å². The fraction of sp³-hybridized carbons (Fsp3) is 0.778. The van der Waals surface area contributed by atoms with Gasteiger partial charge in [-0.05, 0) is 33.1 Å². The minimum Gasteiger partial charge on any atom is -0.481 e. The first-order valence-corrected chi connectivity index (χ1v) is 8.40. The van der Waals surface area contributed by atoms with Crippen LogP contribution < -0.4 is 0 Å². The van der Waals surface area contributed by atoms with Crippen molar-refractivity contribution in [1.29, 1.82) is 0 Å². The highest BCUT2D eigenvalue weighted by Gasteiger charge is 2.26. The van der Waals surface area contributed by atoms with Crippen molar-refractivity contribution < 1.29 is 19.4 Å². The Labute approximate surface area is 134 Å². The Kier molecular flexibility index (Phi) is 10.6. The van der Waals surface area contributed by atoms with Crippen LogP contribution in [0.3, 0.4) is 0 Å². The topological polar surface area (TPSA) is 63.6 Å². The summed E-state index contributed by atoms with van der Waals surface area (Å²) >= 11 is 0. The van der Waals surface area contributed by atoms with E-state index in [-0.39, 0.29) is 5.92 Å². The van der Waals surface area contributed by atoms with Crippen LogP contribution >= 0.6 is 0 Å². The highest BCUT2D eigenvalue weighted by Crippen LogP contribution is 2.24. The van der Waals surface area contributed by atoms with Crippen LogP contribution in [0.2, 0.25) is 0 Å². The largest absolute Gasteiger partial charge is 0.481 e. The second kappa shape index (κ2) is 11.3. The highest BCUT2D eigenvalue weighted by molar-refractivity contribution is 5.81. The van der Waals surface area contributed by atoms with Crippen molar-refractivity contribution in [2.24, 2.45) is 5.92 Å². The maximum Gasteiger partial charge on any atom is 0.330 e. The molecule has 4 heteroatoms. The molecular weight excluding hydrogens is 280 g/mol. The van der Waals surface area contributed by atoms with Crippen molar-refractivity contribution in [3.63, 3.8) is 0 Å². The van der Waals surface area contributed by atoms with E-state index in [4.69, 9.17) is 4.74 Å². The number of aliphatic carboxylic acids is 1. The maximum atomic E-state index is 11.3. The molecule has 1 N–H and O–H groups in total. The lowest BCUT2D eigenvalue weighted by molar-refractivity contribution is -0.151. The molecule has 0 aromatic carbocycles. The fourth-order valence-electron chi connectivity index (χ4n) is 2.45. The van der Waals surface area contributed by atoms with Gasteiger partial charge in [-0.15, -0.1) is 0 Å². The number of ether oxygens (including phenoxy) is 1. The van der Waals surface area contributed by atoms with Gasteiger partial charge in [0.2, 0.25) is 0 Å². The van der Waals surface area contributed by atoms with Crippen molar-refractivity contribution in [3.05, 3.63) is 12.7 Å². The molecule has 0 spiro atoms. The van der Waals surface area contributed by atoms with E-state index in [1.165, 1.54) is 25.7 Å². The van der Waals surface area contributed by atoms with Crippen LogP contribution in [0.25, 0.3) is 0 Å². The summed E-state index contributed by atoms with van der Waals surface area (Å²) in [5.41, 5.74) is -0.653. The number of rotatable bonds is 13. The van der Waals surface area contributed by atoms with Gasteiger partial charge in [-0.2, -0.15) is 0 Å². The molecule has 0 bridgehead atoms. The number of unbranched alkanes of at least 4 members (excludes halogenated alkanes) is 5. The minimum atomic E-state index is -0.751. The van der Waals surface area contributed by atoms with Crippen LogP contribution in [0.5, 0.6) is 0 Å². The van der Waals surface area contributed by atoms with Gasteiger partial charge in [-0.25, -0.2) is 4.79 Å². The normalized spacial score (nSPS) is 12.7. The van der Waals surface area contributed by atoms with Gasteiger partial charge >= 0.3 is 11.9 Å². The molecule has 4 nitrogen and oxygen atoms in total. The monoisotopic (exact) mass is 312 g/mol. The maximum absolute atomic E-state index is 11.3. The van der Waals surface area contributed by atoms with E-state index < -0.39 is 17.5 Å². The smallest absolute Gasteiger partial charge is 0.330 e. The third-order valence-corrected chi connectivity index (χ3v) is 3.89. The predicted molar refractivity (Wildman–Crippen MR) is 88.7 cm³/mol. The summed E-state index contributed by atoms with van der Waals surface area (Å²) in [6, 6.07) is 0. The van der Waals surface area contributed by atoms with Gasteiger partial charge in [0, 0.05) is 6.08 Å². The summed E-state index contributed by atoms with van der Waals surface area (Å²) in [6.45, 7) is 9.16. The third kappa shape index (κ3) is 10.4. The molecule has 0 aliphatic heterocycles. The Bertz CT molecular complexity index is 347. The van der Waals surface area contributed by atoms with E-state index in [1.54, 1.807) is 13.8 Å². The fourth-order valence-corrected chi connectivity index (χ4v) is 2.45. The summed E-state index contributed by atoms with van der Waals surface area (Å²) < 4.78 is 5.24. The van der Waals surface area contributed by atoms with Gasteiger partial charge in [0.15, 0.2) is 0 Å². The minimum absolute atomic E-state index is 0.354. The van der Waals surface area contributed by atoms with E-state index in [0.29, 0.717) is 19.3 Å². The molecule has 0 saturated carbocycles. The van der Waals surface area contributed by atoms with Crippen LogP contribution in [0.4, 0.5) is 0 Å². The van der Waals surface area contributed by atoms with Crippen molar-refractivity contribution in [2.75, 3.05) is 0 Å². The molecule has 1 atom stereocenters. The Hall–Kier alpha value is -1.32. The Balaban J connectivity index is 4.11. The molecule has 0 heterocycles. The summed E-state index contributed by atoms with van der Waals surface area (Å²) in [5.74, 6) is -1.57. The molecule has 0 aromatic heterocycles. The Morgan fingerprint density at radius 1 is 1.14 bits per heavy atom. The number of carbonyl (C=O) groups is 2. The van der Waals surface area contributed by atoms with E-state index in [1.807, 2.05) is 0 Å². The average Bonchev–Trinajstić information content (AvgIpc) is 2.44. The Morgan fingerprint density at radius 2 is 1.73 bits per heavy atom. The summed E-state index contributed by atoms with van der Waals surface area (Å²) in [5, 5.41) is 9.31. The highest BCUT2D eigenvalue weighted by atomic mass is 16.6. The zero-order chi connectivity index (χ0) is 17.0. The molecular formula is C18H32O4.